The number of carbonyl (C=O) groups excluding carboxylic acids is 1. The molecular weight excluding hydrogens is 264 g/mol. The van der Waals surface area contributed by atoms with Crippen LogP contribution in [-0.2, 0) is 4.79 Å². The molecule has 2 rings (SSSR count). The maximum atomic E-state index is 12.2. The van der Waals surface area contributed by atoms with E-state index in [1.165, 1.54) is 0 Å². The predicted molar refractivity (Wildman–Crippen MR) is 87.4 cm³/mol. The molecule has 5 nitrogen and oxygen atoms in total. The highest BCUT2D eigenvalue weighted by Crippen LogP contribution is 2.19. The van der Waals surface area contributed by atoms with Crippen molar-refractivity contribution in [2.24, 2.45) is 0 Å². The summed E-state index contributed by atoms with van der Waals surface area (Å²) in [5, 5.41) is 2.91. The minimum absolute atomic E-state index is 0.00459. The molecule has 21 heavy (non-hydrogen) atoms. The molecule has 1 aromatic carbocycles. The van der Waals surface area contributed by atoms with Crippen LogP contribution in [-0.4, -0.2) is 55.0 Å². The predicted octanol–water partition coefficient (Wildman–Crippen LogP) is 1.54. The molecule has 0 aliphatic carbocycles. The molecule has 1 saturated heterocycles. The number of nitrogen functional groups attached to an aromatic ring is 1. The first-order chi connectivity index (χ1) is 9.99. The number of amides is 1. The molecule has 3 N–H and O–H groups in total. The summed E-state index contributed by atoms with van der Waals surface area (Å²) in [6.07, 6.45) is 1.11. The highest BCUT2D eigenvalue weighted by atomic mass is 16.2. The first-order valence-corrected chi connectivity index (χ1v) is 7.58. The third-order valence-electron chi connectivity index (χ3n) is 4.18. The van der Waals surface area contributed by atoms with Crippen LogP contribution in [0, 0.1) is 6.92 Å². The fourth-order valence-corrected chi connectivity index (χ4v) is 2.78. The average Bonchev–Trinajstić information content (AvgIpc) is 2.44. The molecule has 1 fully saturated rings. The number of aryl methyl sites for hydroxylation is 1. The number of hydrogen-bond donors (Lipinski definition) is 2. The first-order valence-electron chi connectivity index (χ1n) is 7.58. The van der Waals surface area contributed by atoms with Gasteiger partial charge in [-0.2, -0.15) is 0 Å². The lowest BCUT2D eigenvalue weighted by molar-refractivity contribution is -0.118. The van der Waals surface area contributed by atoms with E-state index >= 15 is 0 Å². The number of likely N-dealkylation sites (N-methyl/N-ethyl adjacent to an activating group) is 1. The SMILES string of the molecule is CCC1CN(CC(=O)Nc2ccc(C)cc2N)CCN1C. The Labute approximate surface area is 127 Å². The summed E-state index contributed by atoms with van der Waals surface area (Å²) >= 11 is 0. The van der Waals surface area contributed by atoms with Crippen molar-refractivity contribution in [2.75, 3.05) is 44.3 Å². The van der Waals surface area contributed by atoms with Gasteiger partial charge < -0.3 is 16.0 Å². The van der Waals surface area contributed by atoms with Crippen molar-refractivity contribution in [3.05, 3.63) is 23.8 Å². The van der Waals surface area contributed by atoms with Crippen molar-refractivity contribution in [3.63, 3.8) is 0 Å². The van der Waals surface area contributed by atoms with Crippen LogP contribution < -0.4 is 11.1 Å². The second-order valence-electron chi connectivity index (χ2n) is 5.92. The van der Waals surface area contributed by atoms with Crippen LogP contribution in [0.25, 0.3) is 0 Å². The van der Waals surface area contributed by atoms with Crippen LogP contribution in [0.5, 0.6) is 0 Å². The zero-order valence-electron chi connectivity index (χ0n) is 13.2. The summed E-state index contributed by atoms with van der Waals surface area (Å²) in [4.78, 5) is 16.8. The molecule has 1 aliphatic heterocycles. The second kappa shape index (κ2) is 6.91. The summed E-state index contributed by atoms with van der Waals surface area (Å²) in [6, 6.07) is 6.23. The Morgan fingerprint density at radius 3 is 2.86 bits per heavy atom. The van der Waals surface area contributed by atoms with Gasteiger partial charge in [0.2, 0.25) is 5.91 Å². The Kier molecular flexibility index (Phi) is 5.20. The minimum atomic E-state index is 0.00459. The first kappa shape index (κ1) is 15.8. The summed E-state index contributed by atoms with van der Waals surface area (Å²) in [6.45, 7) is 7.50. The molecule has 116 valence electrons. The van der Waals surface area contributed by atoms with Crippen LogP contribution in [0.2, 0.25) is 0 Å². The van der Waals surface area contributed by atoms with E-state index in [-0.39, 0.29) is 5.91 Å². The van der Waals surface area contributed by atoms with Crippen LogP contribution in [0.4, 0.5) is 11.4 Å². The van der Waals surface area contributed by atoms with Gasteiger partial charge in [0.05, 0.1) is 17.9 Å². The Morgan fingerprint density at radius 2 is 2.19 bits per heavy atom. The lowest BCUT2D eigenvalue weighted by Gasteiger charge is -2.38. The van der Waals surface area contributed by atoms with Gasteiger partial charge in [0.1, 0.15) is 0 Å². The summed E-state index contributed by atoms with van der Waals surface area (Å²) in [5.74, 6) is 0.00459. The lowest BCUT2D eigenvalue weighted by Crippen LogP contribution is -2.52. The number of nitrogens with two attached hydrogens (primary N) is 1. The van der Waals surface area contributed by atoms with Crippen molar-refractivity contribution < 1.29 is 4.79 Å². The maximum Gasteiger partial charge on any atom is 0.238 e. The van der Waals surface area contributed by atoms with Crippen molar-refractivity contribution in [1.82, 2.24) is 9.80 Å². The van der Waals surface area contributed by atoms with E-state index in [0.717, 1.165) is 31.6 Å². The molecule has 0 spiro atoms. The highest BCUT2D eigenvalue weighted by molar-refractivity contribution is 5.95. The second-order valence-corrected chi connectivity index (χ2v) is 5.92. The number of hydrogen-bond acceptors (Lipinski definition) is 4. The number of rotatable bonds is 4. The lowest BCUT2D eigenvalue weighted by atomic mass is 10.1. The highest BCUT2D eigenvalue weighted by Gasteiger charge is 2.24. The topological polar surface area (TPSA) is 61.6 Å². The number of carbonyl (C=O) groups is 1. The Bertz CT molecular complexity index is 503. The Morgan fingerprint density at radius 1 is 1.43 bits per heavy atom. The van der Waals surface area contributed by atoms with E-state index in [1.807, 2.05) is 25.1 Å². The molecule has 1 aliphatic rings. The molecule has 0 aromatic heterocycles. The van der Waals surface area contributed by atoms with Crippen LogP contribution >= 0.6 is 0 Å². The number of nitrogens with zero attached hydrogens (tertiary/aromatic N) is 2. The van der Waals surface area contributed by atoms with Crippen molar-refractivity contribution in [3.8, 4) is 0 Å². The van der Waals surface area contributed by atoms with Gasteiger partial charge in [-0.3, -0.25) is 9.69 Å². The largest absolute Gasteiger partial charge is 0.397 e. The monoisotopic (exact) mass is 290 g/mol. The molecule has 1 atom stereocenters. The summed E-state index contributed by atoms with van der Waals surface area (Å²) in [5.41, 5.74) is 8.34. The van der Waals surface area contributed by atoms with E-state index in [9.17, 15) is 4.79 Å². The molecule has 1 unspecified atom stereocenters. The fourth-order valence-electron chi connectivity index (χ4n) is 2.78. The van der Waals surface area contributed by atoms with E-state index in [1.54, 1.807) is 0 Å². The zero-order chi connectivity index (χ0) is 15.4. The molecule has 0 radical (unpaired) electrons. The molecule has 0 saturated carbocycles. The van der Waals surface area contributed by atoms with Gasteiger partial charge >= 0.3 is 0 Å². The number of piperazine rings is 1. The number of nitrogens with one attached hydrogen (secondary N) is 1. The van der Waals surface area contributed by atoms with Gasteiger partial charge in [0, 0.05) is 25.7 Å². The van der Waals surface area contributed by atoms with Gasteiger partial charge in [0.25, 0.3) is 0 Å². The van der Waals surface area contributed by atoms with Crippen LogP contribution in [0.3, 0.4) is 0 Å². The number of benzene rings is 1. The van der Waals surface area contributed by atoms with E-state index < -0.39 is 0 Å². The van der Waals surface area contributed by atoms with Crippen molar-refractivity contribution >= 4 is 17.3 Å². The quantitative estimate of drug-likeness (QED) is 0.826. The number of anilines is 2. The summed E-state index contributed by atoms with van der Waals surface area (Å²) < 4.78 is 0. The Hall–Kier alpha value is -1.59. The smallest absolute Gasteiger partial charge is 0.238 e. The van der Waals surface area contributed by atoms with Crippen molar-refractivity contribution in [1.29, 1.82) is 0 Å². The van der Waals surface area contributed by atoms with Crippen LogP contribution in [0.15, 0.2) is 18.2 Å². The normalized spacial score (nSPS) is 20.4. The summed E-state index contributed by atoms with van der Waals surface area (Å²) in [7, 11) is 2.15. The van der Waals surface area contributed by atoms with E-state index in [2.05, 4.69) is 29.1 Å². The maximum absolute atomic E-state index is 12.2. The van der Waals surface area contributed by atoms with Gasteiger partial charge in [-0.05, 0) is 38.1 Å². The third-order valence-corrected chi connectivity index (χ3v) is 4.18. The minimum Gasteiger partial charge on any atom is -0.397 e. The molecule has 0 bridgehead atoms. The molecule has 1 amide bonds. The van der Waals surface area contributed by atoms with Gasteiger partial charge in [0.15, 0.2) is 0 Å². The standard InChI is InChI=1S/C16H26N4O/c1-4-13-10-20(8-7-19(13)3)11-16(21)18-15-6-5-12(2)9-14(15)17/h5-6,9,13H,4,7-8,10-11,17H2,1-3H3,(H,18,21). The zero-order valence-corrected chi connectivity index (χ0v) is 13.2. The molecule has 1 heterocycles. The van der Waals surface area contributed by atoms with Gasteiger partial charge in [-0.15, -0.1) is 0 Å². The van der Waals surface area contributed by atoms with E-state index in [4.69, 9.17) is 5.73 Å². The molecular formula is C16H26N4O. The molecule has 5 heteroatoms. The third kappa shape index (κ3) is 4.19. The fraction of sp³-hybridized carbons (Fsp3) is 0.562. The van der Waals surface area contributed by atoms with Crippen molar-refractivity contribution in [2.45, 2.75) is 26.3 Å². The average molecular weight is 290 g/mol. The van der Waals surface area contributed by atoms with Gasteiger partial charge in [-0.1, -0.05) is 13.0 Å². The van der Waals surface area contributed by atoms with Gasteiger partial charge in [-0.25, -0.2) is 0 Å². The molecule has 1 aromatic rings. The van der Waals surface area contributed by atoms with Crippen LogP contribution in [0.1, 0.15) is 18.9 Å². The Balaban J connectivity index is 1.90. The van der Waals surface area contributed by atoms with E-state index in [0.29, 0.717) is 24.0 Å².